The molecule has 9 heteroatoms. The van der Waals surface area contributed by atoms with E-state index >= 15 is 0 Å². The average molecular weight is 434 g/mol. The highest BCUT2D eigenvalue weighted by Gasteiger charge is 2.42. The number of amides is 3. The number of thioether (sulfide) groups is 1. The quantitative estimate of drug-likeness (QED) is 0.613. The van der Waals surface area contributed by atoms with Crippen LogP contribution in [0, 0.1) is 0 Å². The maximum atomic E-state index is 12.9. The van der Waals surface area contributed by atoms with Crippen LogP contribution >= 0.6 is 11.8 Å². The number of imide groups is 1. The fourth-order valence-corrected chi connectivity index (χ4v) is 3.65. The summed E-state index contributed by atoms with van der Waals surface area (Å²) in [6.45, 7) is -2.79. The van der Waals surface area contributed by atoms with Gasteiger partial charge in [-0.1, -0.05) is 24.3 Å². The second-order valence-corrected chi connectivity index (χ2v) is 7.55. The molecule has 0 radical (unpaired) electrons. The molecule has 0 unspecified atom stereocenters. The minimum atomic E-state index is -2.91. The van der Waals surface area contributed by atoms with Gasteiger partial charge in [0.2, 0.25) is 5.91 Å². The first-order valence-corrected chi connectivity index (χ1v) is 10.6. The van der Waals surface area contributed by atoms with Crippen LogP contribution in [-0.2, 0) is 11.3 Å². The second kappa shape index (κ2) is 9.71. The molecule has 1 atom stereocenters. The number of nitrogens with one attached hydrogen (secondary N) is 1. The number of carbonyl (C=O) groups excluding carboxylic acids is 3. The number of benzene rings is 2. The maximum absolute atomic E-state index is 12.9. The van der Waals surface area contributed by atoms with Gasteiger partial charge >= 0.3 is 6.61 Å². The standard InChI is InChI=1S/C21H20F2N2O4S/c1-30-11-10-17(25-19(27)15-4-2-3-5-16(15)20(25)28)18(26)24-12-13-6-8-14(9-7-13)29-21(22)23/h2-9,17,21H,10-12H2,1H3,(H,24,26)/t17-/m1/s1. The van der Waals surface area contributed by atoms with Gasteiger partial charge in [-0.05, 0) is 48.3 Å². The topological polar surface area (TPSA) is 75.7 Å². The summed E-state index contributed by atoms with van der Waals surface area (Å²) in [7, 11) is 0. The molecule has 2 aromatic carbocycles. The molecule has 0 bridgehead atoms. The van der Waals surface area contributed by atoms with Crippen molar-refractivity contribution in [2.24, 2.45) is 0 Å². The van der Waals surface area contributed by atoms with Crippen molar-refractivity contribution in [3.05, 3.63) is 65.2 Å². The molecule has 3 rings (SSSR count). The zero-order valence-electron chi connectivity index (χ0n) is 16.1. The van der Waals surface area contributed by atoms with E-state index in [-0.39, 0.29) is 12.3 Å². The van der Waals surface area contributed by atoms with Gasteiger partial charge in [-0.2, -0.15) is 20.5 Å². The van der Waals surface area contributed by atoms with Gasteiger partial charge in [-0.3, -0.25) is 19.3 Å². The van der Waals surface area contributed by atoms with Crippen LogP contribution in [0.5, 0.6) is 5.75 Å². The van der Waals surface area contributed by atoms with Crippen LogP contribution in [-0.4, -0.2) is 47.3 Å². The minimum absolute atomic E-state index is 0.0175. The summed E-state index contributed by atoms with van der Waals surface area (Å²) in [5.41, 5.74) is 1.24. The molecule has 0 saturated carbocycles. The lowest BCUT2D eigenvalue weighted by Crippen LogP contribution is -2.49. The summed E-state index contributed by atoms with van der Waals surface area (Å²) >= 11 is 1.51. The Labute approximate surface area is 176 Å². The van der Waals surface area contributed by atoms with Gasteiger partial charge in [0.05, 0.1) is 11.1 Å². The number of rotatable bonds is 9. The molecule has 6 nitrogen and oxygen atoms in total. The molecule has 0 aromatic heterocycles. The van der Waals surface area contributed by atoms with Crippen molar-refractivity contribution in [2.75, 3.05) is 12.0 Å². The number of alkyl halides is 2. The maximum Gasteiger partial charge on any atom is 0.387 e. The molecule has 1 N–H and O–H groups in total. The Morgan fingerprint density at radius 1 is 1.07 bits per heavy atom. The molecule has 2 aromatic rings. The lowest BCUT2D eigenvalue weighted by Gasteiger charge is -2.25. The smallest absolute Gasteiger partial charge is 0.387 e. The first-order chi connectivity index (χ1) is 14.4. The molecule has 0 fully saturated rings. The van der Waals surface area contributed by atoms with Gasteiger partial charge in [0.1, 0.15) is 11.8 Å². The number of halogens is 2. The summed E-state index contributed by atoms with van der Waals surface area (Å²) in [6, 6.07) is 11.4. The molecular formula is C21H20F2N2O4S. The third kappa shape index (κ3) is 4.79. The van der Waals surface area contributed by atoms with E-state index < -0.39 is 30.4 Å². The predicted octanol–water partition coefficient (Wildman–Crippen LogP) is 3.32. The SMILES string of the molecule is CSCC[C@H](C(=O)NCc1ccc(OC(F)F)cc1)N1C(=O)c2ccccc2C1=O. The van der Waals surface area contributed by atoms with Gasteiger partial charge < -0.3 is 10.1 Å². The molecule has 0 saturated heterocycles. The Kier molecular flexibility index (Phi) is 7.04. The van der Waals surface area contributed by atoms with Crippen LogP contribution in [0.25, 0.3) is 0 Å². The molecule has 1 aliphatic rings. The Balaban J connectivity index is 1.70. The van der Waals surface area contributed by atoms with Crippen molar-refractivity contribution in [3.63, 3.8) is 0 Å². The average Bonchev–Trinajstić information content (AvgIpc) is 2.98. The number of ether oxygens (including phenoxy) is 1. The first-order valence-electron chi connectivity index (χ1n) is 9.19. The normalized spacial score (nSPS) is 14.1. The predicted molar refractivity (Wildman–Crippen MR) is 109 cm³/mol. The molecule has 0 aliphatic carbocycles. The van der Waals surface area contributed by atoms with Crippen LogP contribution in [0.15, 0.2) is 48.5 Å². The van der Waals surface area contributed by atoms with E-state index in [1.807, 2.05) is 6.26 Å². The Hall–Kier alpha value is -2.94. The van der Waals surface area contributed by atoms with E-state index in [9.17, 15) is 23.2 Å². The lowest BCUT2D eigenvalue weighted by molar-refractivity contribution is -0.125. The summed E-state index contributed by atoms with van der Waals surface area (Å²) in [5.74, 6) is -0.809. The lowest BCUT2D eigenvalue weighted by atomic mass is 10.1. The van der Waals surface area contributed by atoms with Gasteiger partial charge in [0, 0.05) is 6.54 Å². The van der Waals surface area contributed by atoms with E-state index in [2.05, 4.69) is 10.1 Å². The van der Waals surface area contributed by atoms with Crippen LogP contribution < -0.4 is 10.1 Å². The molecule has 1 heterocycles. The highest BCUT2D eigenvalue weighted by atomic mass is 32.2. The van der Waals surface area contributed by atoms with Crippen LogP contribution in [0.2, 0.25) is 0 Å². The van der Waals surface area contributed by atoms with Crippen molar-refractivity contribution in [2.45, 2.75) is 25.6 Å². The van der Waals surface area contributed by atoms with E-state index in [4.69, 9.17) is 0 Å². The van der Waals surface area contributed by atoms with Gasteiger partial charge in [0.25, 0.3) is 11.8 Å². The Morgan fingerprint density at radius 3 is 2.20 bits per heavy atom. The second-order valence-electron chi connectivity index (χ2n) is 6.56. The fourth-order valence-electron chi connectivity index (χ4n) is 3.19. The Morgan fingerprint density at radius 2 is 1.67 bits per heavy atom. The van der Waals surface area contributed by atoms with E-state index in [0.717, 1.165) is 4.90 Å². The van der Waals surface area contributed by atoms with Crippen molar-refractivity contribution in [1.82, 2.24) is 10.2 Å². The zero-order valence-corrected chi connectivity index (χ0v) is 17.0. The summed E-state index contributed by atoms with van der Waals surface area (Å²) in [6.07, 6.45) is 2.19. The minimum Gasteiger partial charge on any atom is -0.435 e. The number of nitrogens with zero attached hydrogens (tertiary/aromatic N) is 1. The molecular weight excluding hydrogens is 414 g/mol. The van der Waals surface area contributed by atoms with Gasteiger partial charge in [-0.15, -0.1) is 0 Å². The zero-order chi connectivity index (χ0) is 21.7. The third-order valence-electron chi connectivity index (χ3n) is 4.65. The Bertz CT molecular complexity index is 902. The summed E-state index contributed by atoms with van der Waals surface area (Å²) < 4.78 is 28.8. The van der Waals surface area contributed by atoms with Crippen LogP contribution in [0.4, 0.5) is 8.78 Å². The highest BCUT2D eigenvalue weighted by molar-refractivity contribution is 7.98. The van der Waals surface area contributed by atoms with E-state index in [0.29, 0.717) is 28.9 Å². The van der Waals surface area contributed by atoms with E-state index in [1.54, 1.807) is 36.4 Å². The van der Waals surface area contributed by atoms with Crippen molar-refractivity contribution >= 4 is 29.5 Å². The number of fused-ring (bicyclic) bond motifs is 1. The van der Waals surface area contributed by atoms with Crippen molar-refractivity contribution < 1.29 is 27.9 Å². The molecule has 30 heavy (non-hydrogen) atoms. The van der Waals surface area contributed by atoms with E-state index in [1.165, 1.54) is 23.9 Å². The van der Waals surface area contributed by atoms with Crippen LogP contribution in [0.3, 0.4) is 0 Å². The fraction of sp³-hybridized carbons (Fsp3) is 0.286. The number of hydrogen-bond acceptors (Lipinski definition) is 5. The summed E-state index contributed by atoms with van der Waals surface area (Å²) in [4.78, 5) is 39.4. The van der Waals surface area contributed by atoms with Crippen molar-refractivity contribution in [3.8, 4) is 5.75 Å². The van der Waals surface area contributed by atoms with Crippen molar-refractivity contribution in [1.29, 1.82) is 0 Å². The molecule has 0 spiro atoms. The monoisotopic (exact) mass is 434 g/mol. The molecule has 1 aliphatic heterocycles. The molecule has 158 valence electrons. The molecule has 3 amide bonds. The first kappa shape index (κ1) is 21.8. The largest absolute Gasteiger partial charge is 0.435 e. The highest BCUT2D eigenvalue weighted by Crippen LogP contribution is 2.26. The number of carbonyl (C=O) groups is 3. The van der Waals surface area contributed by atoms with Gasteiger partial charge in [0.15, 0.2) is 0 Å². The van der Waals surface area contributed by atoms with Gasteiger partial charge in [-0.25, -0.2) is 0 Å². The number of hydrogen-bond donors (Lipinski definition) is 1. The third-order valence-corrected chi connectivity index (χ3v) is 5.29. The summed E-state index contributed by atoms with van der Waals surface area (Å²) in [5, 5.41) is 2.73. The van der Waals surface area contributed by atoms with Crippen LogP contribution in [0.1, 0.15) is 32.7 Å².